The van der Waals surface area contributed by atoms with Crippen LogP contribution >= 0.6 is 21.6 Å². The summed E-state index contributed by atoms with van der Waals surface area (Å²) in [7, 11) is 3.13. The van der Waals surface area contributed by atoms with Gasteiger partial charge < -0.3 is 31.1 Å². The van der Waals surface area contributed by atoms with Crippen LogP contribution in [0.1, 0.15) is 103 Å². The number of aliphatic hydroxyl groups excluding tert-OH is 1. The van der Waals surface area contributed by atoms with Gasteiger partial charge in [0, 0.05) is 30.6 Å². The second kappa shape index (κ2) is 28.2. The number of aliphatic hydroxyl groups is 1. The zero-order valence-electron chi connectivity index (χ0n) is 31.1. The van der Waals surface area contributed by atoms with E-state index in [0.717, 1.165) is 42.8 Å². The molecule has 0 bridgehead atoms. The molecule has 2 atom stereocenters. The highest BCUT2D eigenvalue weighted by Gasteiger charge is 2.24. The molecule has 0 aliphatic heterocycles. The summed E-state index contributed by atoms with van der Waals surface area (Å²) < 4.78 is 5.26. The fourth-order valence-corrected chi connectivity index (χ4v) is 6.88. The van der Waals surface area contributed by atoms with Crippen molar-refractivity contribution in [1.29, 1.82) is 0 Å². The monoisotopic (exact) mass is 760 g/mol. The molecule has 290 valence electrons. The van der Waals surface area contributed by atoms with Crippen LogP contribution in [0.3, 0.4) is 0 Å². The smallest absolute Gasteiger partial charge is 0.407 e. The van der Waals surface area contributed by atoms with E-state index in [0.29, 0.717) is 37.2 Å². The fourth-order valence-electron chi connectivity index (χ4n) is 5.09. The lowest BCUT2D eigenvalue weighted by Crippen LogP contribution is -2.51. The van der Waals surface area contributed by atoms with Crippen LogP contribution in [0.4, 0.5) is 10.5 Å². The summed E-state index contributed by atoms with van der Waals surface area (Å²) in [6.45, 7) is 7.02. The van der Waals surface area contributed by atoms with Crippen molar-refractivity contribution >= 4 is 51.1 Å². The van der Waals surface area contributed by atoms with Crippen LogP contribution in [-0.4, -0.2) is 71.6 Å². The highest BCUT2D eigenvalue weighted by molar-refractivity contribution is 8.76. The molecule has 6 N–H and O–H groups in total. The van der Waals surface area contributed by atoms with Gasteiger partial charge in [-0.3, -0.25) is 19.7 Å². The summed E-state index contributed by atoms with van der Waals surface area (Å²) >= 11 is 0. The van der Waals surface area contributed by atoms with Gasteiger partial charge >= 0.3 is 6.09 Å². The highest BCUT2D eigenvalue weighted by atomic mass is 33.1. The summed E-state index contributed by atoms with van der Waals surface area (Å²) in [5.41, 5.74) is 1.28. The number of anilines is 1. The van der Waals surface area contributed by atoms with E-state index >= 15 is 0 Å². The third kappa shape index (κ3) is 21.9. The average Bonchev–Trinajstić information content (AvgIpc) is 3.13. The predicted molar refractivity (Wildman–Crippen MR) is 211 cm³/mol. The molecular formula is C38H60N6O6S2. The number of rotatable bonds is 28. The second-order valence-electron chi connectivity index (χ2n) is 13.0. The Balaban J connectivity index is 1.55. The van der Waals surface area contributed by atoms with E-state index in [1.54, 1.807) is 52.1 Å². The normalized spacial score (nSPS) is 12.2. The quantitative estimate of drug-likeness (QED) is 0.0318. The summed E-state index contributed by atoms with van der Waals surface area (Å²) in [4.78, 5) is 54.2. The van der Waals surface area contributed by atoms with Crippen LogP contribution in [0, 0.1) is 5.92 Å². The van der Waals surface area contributed by atoms with Crippen molar-refractivity contribution in [3.8, 4) is 0 Å². The van der Waals surface area contributed by atoms with Gasteiger partial charge in [0.05, 0.1) is 6.54 Å². The largest absolute Gasteiger partial charge is 0.445 e. The number of benzene rings is 1. The van der Waals surface area contributed by atoms with Crippen LogP contribution < -0.4 is 26.6 Å². The van der Waals surface area contributed by atoms with Crippen molar-refractivity contribution in [2.45, 2.75) is 122 Å². The highest BCUT2D eigenvalue weighted by Crippen LogP contribution is 2.28. The molecule has 14 heteroatoms. The Labute approximate surface area is 318 Å². The standard InChI is InChI=1S/C38H60N6O6S2/c1-4-5-6-7-10-14-23-39-32(45)16-11-8-9-12-17-33(46)44-36(29(2)3)37(48)42-27-34(47)43-31-21-19-30(20-22-31)28-50-38(49)41-25-26-51-52-35-18-13-15-24-40-35/h13,15,18-22,24,29,32,36,39,45H,4-12,14,16-17,23,25-28H2,1-3H3,(H,41,49)(H,42,48)(H,43,47)(H,44,46)/t32?,36-/m0/s1. The molecule has 1 heterocycles. The SMILES string of the molecule is CCCCCCCCNC(O)CCCCCCC(=O)N[C@H](C(=O)NCC(=O)Nc1ccc(COC(=O)NCCSSc2ccccn2)cc1)C(C)C. The molecule has 0 saturated heterocycles. The van der Waals surface area contributed by atoms with E-state index in [1.165, 1.54) is 32.1 Å². The molecular weight excluding hydrogens is 701 g/mol. The number of ether oxygens (including phenoxy) is 1. The Morgan fingerprint density at radius 2 is 1.58 bits per heavy atom. The van der Waals surface area contributed by atoms with Crippen LogP contribution in [0.5, 0.6) is 0 Å². The third-order valence-electron chi connectivity index (χ3n) is 8.07. The number of nitrogens with one attached hydrogen (secondary N) is 5. The lowest BCUT2D eigenvalue weighted by molar-refractivity contribution is -0.130. The number of aromatic nitrogens is 1. The van der Waals surface area contributed by atoms with E-state index in [4.69, 9.17) is 4.74 Å². The Kier molecular flexibility index (Phi) is 24.3. The van der Waals surface area contributed by atoms with Gasteiger partial charge in [0.1, 0.15) is 23.9 Å². The maximum absolute atomic E-state index is 12.9. The maximum Gasteiger partial charge on any atom is 0.407 e. The molecule has 1 unspecified atom stereocenters. The first-order valence-corrected chi connectivity index (χ1v) is 21.0. The summed E-state index contributed by atoms with van der Waals surface area (Å²) in [5, 5.41) is 25.1. The molecule has 0 radical (unpaired) electrons. The summed E-state index contributed by atoms with van der Waals surface area (Å²) in [6, 6.07) is 11.8. The summed E-state index contributed by atoms with van der Waals surface area (Å²) in [5.74, 6) is -0.493. The van der Waals surface area contributed by atoms with Gasteiger partial charge in [-0.1, -0.05) is 94.7 Å². The van der Waals surface area contributed by atoms with Crippen molar-refractivity contribution in [2.24, 2.45) is 5.92 Å². The maximum atomic E-state index is 12.9. The van der Waals surface area contributed by atoms with Crippen LogP contribution in [0.15, 0.2) is 53.7 Å². The van der Waals surface area contributed by atoms with E-state index < -0.39 is 30.2 Å². The average molecular weight is 761 g/mol. The zero-order chi connectivity index (χ0) is 37.8. The minimum atomic E-state index is -0.756. The number of hydrogen-bond donors (Lipinski definition) is 6. The lowest BCUT2D eigenvalue weighted by atomic mass is 10.0. The van der Waals surface area contributed by atoms with Crippen molar-refractivity contribution in [3.63, 3.8) is 0 Å². The molecule has 2 rings (SSSR count). The van der Waals surface area contributed by atoms with Gasteiger partial charge in [-0.15, -0.1) is 0 Å². The molecule has 0 aliphatic rings. The van der Waals surface area contributed by atoms with Gasteiger partial charge in [0.25, 0.3) is 0 Å². The van der Waals surface area contributed by atoms with Gasteiger partial charge in [0.2, 0.25) is 17.7 Å². The molecule has 0 saturated carbocycles. The number of unbranched alkanes of at least 4 members (excludes halogenated alkanes) is 8. The number of pyridine rings is 1. The molecule has 1 aromatic heterocycles. The molecule has 0 fully saturated rings. The minimum absolute atomic E-state index is 0.0789. The molecule has 0 aliphatic carbocycles. The molecule has 4 amide bonds. The van der Waals surface area contributed by atoms with Crippen LogP contribution in [0.25, 0.3) is 0 Å². The molecule has 1 aromatic carbocycles. The number of alkyl carbamates (subject to hydrolysis) is 1. The molecule has 12 nitrogen and oxygen atoms in total. The lowest BCUT2D eigenvalue weighted by Gasteiger charge is -2.21. The van der Waals surface area contributed by atoms with E-state index in [1.807, 2.05) is 32.0 Å². The topological polar surface area (TPSA) is 171 Å². The van der Waals surface area contributed by atoms with Gasteiger partial charge in [0.15, 0.2) is 0 Å². The van der Waals surface area contributed by atoms with Crippen molar-refractivity contribution in [1.82, 2.24) is 26.3 Å². The van der Waals surface area contributed by atoms with Gasteiger partial charge in [-0.2, -0.15) is 0 Å². The van der Waals surface area contributed by atoms with Gasteiger partial charge in [-0.05, 0) is 78.8 Å². The number of hydrogen-bond acceptors (Lipinski definition) is 10. The van der Waals surface area contributed by atoms with Crippen LogP contribution in [0.2, 0.25) is 0 Å². The number of amides is 4. The second-order valence-corrected chi connectivity index (χ2v) is 15.5. The van der Waals surface area contributed by atoms with Crippen LogP contribution in [-0.2, 0) is 25.7 Å². The van der Waals surface area contributed by atoms with E-state index in [-0.39, 0.29) is 25.0 Å². The molecule has 2 aromatic rings. The Hall–Kier alpha value is -3.33. The Morgan fingerprint density at radius 1 is 0.846 bits per heavy atom. The van der Waals surface area contributed by atoms with Gasteiger partial charge in [-0.25, -0.2) is 9.78 Å². The number of carbonyl (C=O) groups excluding carboxylic acids is 4. The Morgan fingerprint density at radius 3 is 2.31 bits per heavy atom. The zero-order valence-corrected chi connectivity index (χ0v) is 32.8. The summed E-state index contributed by atoms with van der Waals surface area (Å²) in [6.07, 6.45) is 12.5. The fraction of sp³-hybridized carbons (Fsp3) is 0.605. The van der Waals surface area contributed by atoms with Crippen molar-refractivity contribution < 1.29 is 29.0 Å². The minimum Gasteiger partial charge on any atom is -0.445 e. The number of carbonyl (C=O) groups is 4. The first-order chi connectivity index (χ1) is 25.2. The van der Waals surface area contributed by atoms with Crippen molar-refractivity contribution in [3.05, 3.63) is 54.2 Å². The predicted octanol–water partition coefficient (Wildman–Crippen LogP) is 6.55. The molecule has 0 spiro atoms. The Bertz CT molecular complexity index is 1290. The first-order valence-electron chi connectivity index (χ1n) is 18.7. The van der Waals surface area contributed by atoms with E-state index in [9.17, 15) is 24.3 Å². The molecule has 52 heavy (non-hydrogen) atoms. The first kappa shape index (κ1) is 44.8. The third-order valence-corrected chi connectivity index (χ3v) is 10.3. The number of nitrogens with zero attached hydrogens (tertiary/aromatic N) is 1. The van der Waals surface area contributed by atoms with Crippen molar-refractivity contribution in [2.75, 3.05) is 30.7 Å². The van der Waals surface area contributed by atoms with E-state index in [2.05, 4.69) is 38.5 Å².